The summed E-state index contributed by atoms with van der Waals surface area (Å²) in [6.07, 6.45) is 10.3. The molecular weight excluding hydrogens is 288 g/mol. The highest BCUT2D eigenvalue weighted by Gasteiger charge is 2.21. The van der Waals surface area contributed by atoms with Gasteiger partial charge in [-0.05, 0) is 66.3 Å². The fourth-order valence-corrected chi connectivity index (χ4v) is 3.79. The van der Waals surface area contributed by atoms with E-state index in [1.807, 2.05) is 0 Å². The van der Waals surface area contributed by atoms with Gasteiger partial charge in [-0.1, -0.05) is 81.5 Å². The van der Waals surface area contributed by atoms with Crippen LogP contribution in [0.5, 0.6) is 0 Å². The summed E-state index contributed by atoms with van der Waals surface area (Å²) in [6, 6.07) is 14.3. The minimum absolute atomic E-state index is 1.00. The molecule has 2 aromatic carbocycles. The normalized spacial score (nSPS) is 14.1. The first-order valence-corrected chi connectivity index (χ1v) is 9.93. The van der Waals surface area contributed by atoms with Gasteiger partial charge in [0.2, 0.25) is 0 Å². The van der Waals surface area contributed by atoms with Gasteiger partial charge < -0.3 is 0 Å². The van der Waals surface area contributed by atoms with Crippen LogP contribution < -0.4 is 0 Å². The van der Waals surface area contributed by atoms with Crippen LogP contribution in [0, 0.1) is 12.8 Å². The molecule has 1 saturated carbocycles. The number of hydrogen-bond acceptors (Lipinski definition) is 0. The van der Waals surface area contributed by atoms with Crippen LogP contribution in [0.25, 0.3) is 11.1 Å². The number of aryl methyl sites for hydroxylation is 4. The van der Waals surface area contributed by atoms with Gasteiger partial charge in [0, 0.05) is 0 Å². The Labute approximate surface area is 148 Å². The van der Waals surface area contributed by atoms with E-state index < -0.39 is 0 Å². The topological polar surface area (TPSA) is 0 Å². The zero-order chi connectivity index (χ0) is 16.9. The Morgan fingerprint density at radius 1 is 0.792 bits per heavy atom. The first-order chi connectivity index (χ1) is 11.7. The highest BCUT2D eigenvalue weighted by Crippen LogP contribution is 2.36. The van der Waals surface area contributed by atoms with Crippen LogP contribution in [-0.2, 0) is 19.3 Å². The van der Waals surface area contributed by atoms with Crippen molar-refractivity contribution in [3.05, 3.63) is 58.7 Å². The summed E-state index contributed by atoms with van der Waals surface area (Å²) < 4.78 is 0. The summed E-state index contributed by atoms with van der Waals surface area (Å²) in [6.45, 7) is 6.78. The second kappa shape index (κ2) is 8.01. The molecule has 0 N–H and O–H groups in total. The van der Waals surface area contributed by atoms with Crippen LogP contribution in [-0.4, -0.2) is 0 Å². The Balaban J connectivity index is 1.96. The third-order valence-corrected chi connectivity index (χ3v) is 5.30. The van der Waals surface area contributed by atoms with Crippen molar-refractivity contribution < 1.29 is 0 Å². The second-order valence-electron chi connectivity index (χ2n) is 7.63. The predicted molar refractivity (Wildman–Crippen MR) is 106 cm³/mol. The molecule has 0 heterocycles. The smallest absolute Gasteiger partial charge is 0.0149 e. The largest absolute Gasteiger partial charge is 0.0651 e. The Hall–Kier alpha value is -1.56. The Bertz CT molecular complexity index is 676. The molecule has 3 rings (SSSR count). The first kappa shape index (κ1) is 17.3. The van der Waals surface area contributed by atoms with E-state index in [2.05, 4.69) is 57.2 Å². The van der Waals surface area contributed by atoms with Gasteiger partial charge in [0.1, 0.15) is 0 Å². The Kier molecular flexibility index (Phi) is 5.76. The van der Waals surface area contributed by atoms with Gasteiger partial charge in [-0.25, -0.2) is 0 Å². The summed E-state index contributed by atoms with van der Waals surface area (Å²) in [5, 5.41) is 0. The molecule has 0 aromatic heterocycles. The monoisotopic (exact) mass is 320 g/mol. The van der Waals surface area contributed by atoms with Crippen molar-refractivity contribution in [2.24, 2.45) is 5.92 Å². The third kappa shape index (κ3) is 4.29. The van der Waals surface area contributed by atoms with Gasteiger partial charge in [-0.15, -0.1) is 0 Å². The number of rotatable bonds is 8. The van der Waals surface area contributed by atoms with E-state index in [0.717, 1.165) is 5.92 Å². The van der Waals surface area contributed by atoms with E-state index in [0.29, 0.717) is 0 Å². The lowest BCUT2D eigenvalue weighted by Crippen LogP contribution is -1.98. The lowest BCUT2D eigenvalue weighted by Gasteiger charge is -2.16. The average molecular weight is 321 g/mol. The highest BCUT2D eigenvalue weighted by molar-refractivity contribution is 5.71. The van der Waals surface area contributed by atoms with Crippen LogP contribution in [0.15, 0.2) is 36.4 Å². The van der Waals surface area contributed by atoms with Crippen LogP contribution in [0.3, 0.4) is 0 Å². The van der Waals surface area contributed by atoms with E-state index in [-0.39, 0.29) is 0 Å². The van der Waals surface area contributed by atoms with E-state index >= 15 is 0 Å². The molecule has 1 fully saturated rings. The molecule has 0 radical (unpaired) electrons. The third-order valence-electron chi connectivity index (χ3n) is 5.30. The minimum atomic E-state index is 1.00. The minimum Gasteiger partial charge on any atom is -0.0651 e. The number of benzene rings is 2. The van der Waals surface area contributed by atoms with Crippen molar-refractivity contribution in [2.45, 2.75) is 72.1 Å². The van der Waals surface area contributed by atoms with Gasteiger partial charge in [0.25, 0.3) is 0 Å². The Morgan fingerprint density at radius 2 is 1.46 bits per heavy atom. The van der Waals surface area contributed by atoms with Crippen LogP contribution in [0.4, 0.5) is 0 Å². The molecule has 1 aliphatic carbocycles. The molecule has 0 saturated heterocycles. The maximum absolute atomic E-state index is 2.47. The summed E-state index contributed by atoms with van der Waals surface area (Å²) in [5.41, 5.74) is 8.94. The van der Waals surface area contributed by atoms with Crippen molar-refractivity contribution in [2.75, 3.05) is 0 Å². The predicted octanol–water partition coefficient (Wildman–Crippen LogP) is 6.91. The molecule has 0 aliphatic heterocycles. The van der Waals surface area contributed by atoms with E-state index in [1.165, 1.54) is 73.6 Å². The van der Waals surface area contributed by atoms with Gasteiger partial charge in [0.05, 0.1) is 0 Å². The number of hydrogen-bond donors (Lipinski definition) is 0. The van der Waals surface area contributed by atoms with Crippen LogP contribution >= 0.6 is 0 Å². The van der Waals surface area contributed by atoms with E-state index in [4.69, 9.17) is 0 Å². The van der Waals surface area contributed by atoms with Crippen LogP contribution in [0.2, 0.25) is 0 Å². The molecule has 24 heavy (non-hydrogen) atoms. The van der Waals surface area contributed by atoms with Crippen molar-refractivity contribution in [3.63, 3.8) is 0 Å². The molecule has 128 valence electrons. The Morgan fingerprint density at radius 3 is 2.12 bits per heavy atom. The summed E-state index contributed by atoms with van der Waals surface area (Å²) >= 11 is 0. The molecule has 0 spiro atoms. The van der Waals surface area contributed by atoms with Crippen molar-refractivity contribution in [1.82, 2.24) is 0 Å². The maximum atomic E-state index is 2.47. The molecule has 0 nitrogen and oxygen atoms in total. The second-order valence-corrected chi connectivity index (χ2v) is 7.63. The van der Waals surface area contributed by atoms with Gasteiger partial charge in [-0.2, -0.15) is 0 Å². The van der Waals surface area contributed by atoms with Crippen molar-refractivity contribution >= 4 is 0 Å². The molecule has 1 aliphatic rings. The van der Waals surface area contributed by atoms with Crippen LogP contribution in [0.1, 0.15) is 68.2 Å². The molecule has 0 bridgehead atoms. The molecular formula is C24H32. The standard InChI is InChI=1S/C24H32/c1-4-6-20-12-15-24(21(17-20)7-5-2)23-14-8-18(3)16-22(23)13-11-19-9-10-19/h8,12,14-17,19H,4-7,9-11,13H2,1-3H3. The molecule has 2 aromatic rings. The van der Waals surface area contributed by atoms with Gasteiger partial charge in [0.15, 0.2) is 0 Å². The molecule has 0 amide bonds. The van der Waals surface area contributed by atoms with E-state index in [1.54, 1.807) is 11.1 Å². The van der Waals surface area contributed by atoms with Crippen molar-refractivity contribution in [1.29, 1.82) is 0 Å². The highest BCUT2D eigenvalue weighted by atomic mass is 14.3. The maximum Gasteiger partial charge on any atom is -0.0149 e. The zero-order valence-corrected chi connectivity index (χ0v) is 15.7. The molecule has 0 atom stereocenters. The van der Waals surface area contributed by atoms with Gasteiger partial charge >= 0.3 is 0 Å². The first-order valence-electron chi connectivity index (χ1n) is 9.93. The quantitative estimate of drug-likeness (QED) is 0.495. The van der Waals surface area contributed by atoms with E-state index in [9.17, 15) is 0 Å². The fraction of sp³-hybridized carbons (Fsp3) is 0.500. The molecule has 0 unspecified atom stereocenters. The SMILES string of the molecule is CCCc1ccc(-c2ccc(C)cc2CCC2CC2)c(CCC)c1. The molecule has 0 heteroatoms. The lowest BCUT2D eigenvalue weighted by atomic mass is 9.89. The lowest BCUT2D eigenvalue weighted by molar-refractivity contribution is 0.727. The average Bonchev–Trinajstić information content (AvgIpc) is 3.39. The summed E-state index contributed by atoms with van der Waals surface area (Å²) in [4.78, 5) is 0. The fourth-order valence-electron chi connectivity index (χ4n) is 3.79. The van der Waals surface area contributed by atoms with Crippen molar-refractivity contribution in [3.8, 4) is 11.1 Å². The van der Waals surface area contributed by atoms with Gasteiger partial charge in [-0.3, -0.25) is 0 Å². The summed E-state index contributed by atoms with van der Waals surface area (Å²) in [7, 11) is 0. The zero-order valence-electron chi connectivity index (χ0n) is 15.7. The summed E-state index contributed by atoms with van der Waals surface area (Å²) in [5.74, 6) is 1.00.